The molecule has 0 radical (unpaired) electrons. The molecule has 0 aliphatic heterocycles. The number of para-hydroxylation sites is 6. The molecule has 0 fully saturated rings. The average Bonchev–Trinajstić information content (AvgIpc) is 3.77. The van der Waals surface area contributed by atoms with Crippen LogP contribution in [0.5, 0.6) is 0 Å². The van der Waals surface area contributed by atoms with E-state index in [1.54, 1.807) is 6.26 Å². The Labute approximate surface area is 377 Å². The van der Waals surface area contributed by atoms with Gasteiger partial charge in [0.15, 0.2) is 0 Å². The highest BCUT2D eigenvalue weighted by molar-refractivity contribution is 6.37. The summed E-state index contributed by atoms with van der Waals surface area (Å²) in [5.74, 6) is 0. The Morgan fingerprint density at radius 2 is 0.571 bits per heavy atom. The SMILES string of the molecule is Clc1c(N(c2ccccc2)c2ccccc2)cccc1N(c1ccccc1)c1cccc(N(c2ccccc2)c2cccc(N(c3ccccc3)c3coc4ccccc34)c2Cl)c1. The van der Waals surface area contributed by atoms with Crippen molar-refractivity contribution in [2.24, 2.45) is 0 Å². The van der Waals surface area contributed by atoms with Gasteiger partial charge in [-0.1, -0.05) is 145 Å². The zero-order valence-corrected chi connectivity index (χ0v) is 35.6. The molecule has 0 aliphatic rings. The van der Waals surface area contributed by atoms with Crippen LogP contribution in [0.2, 0.25) is 10.0 Å². The van der Waals surface area contributed by atoms with Gasteiger partial charge in [-0.3, -0.25) is 0 Å². The van der Waals surface area contributed by atoms with Crippen molar-refractivity contribution in [3.05, 3.63) is 253 Å². The van der Waals surface area contributed by atoms with E-state index in [1.165, 1.54) is 0 Å². The van der Waals surface area contributed by atoms with Crippen LogP contribution >= 0.6 is 23.2 Å². The summed E-state index contributed by atoms with van der Waals surface area (Å²) in [5.41, 5.74) is 11.6. The molecule has 5 nitrogen and oxygen atoms in total. The van der Waals surface area contributed by atoms with Gasteiger partial charge in [0.05, 0.1) is 38.5 Å². The van der Waals surface area contributed by atoms with E-state index in [0.717, 1.165) is 79.2 Å². The lowest BCUT2D eigenvalue weighted by Crippen LogP contribution is -2.16. The Kier molecular flexibility index (Phi) is 11.1. The van der Waals surface area contributed by atoms with Crippen LogP contribution in [0.1, 0.15) is 0 Å². The Morgan fingerprint density at radius 1 is 0.270 bits per heavy atom. The number of fused-ring (bicyclic) bond motifs is 1. The molecule has 0 bridgehead atoms. The fourth-order valence-corrected chi connectivity index (χ4v) is 8.78. The Balaban J connectivity index is 1.13. The number of hydrogen-bond acceptors (Lipinski definition) is 5. The van der Waals surface area contributed by atoms with Crippen molar-refractivity contribution in [1.29, 1.82) is 0 Å². The molecule has 0 N–H and O–H groups in total. The van der Waals surface area contributed by atoms with Crippen LogP contribution in [0.25, 0.3) is 11.0 Å². The van der Waals surface area contributed by atoms with Crippen LogP contribution in [-0.4, -0.2) is 0 Å². The van der Waals surface area contributed by atoms with Gasteiger partial charge in [-0.15, -0.1) is 0 Å². The molecule has 0 saturated carbocycles. The predicted molar refractivity (Wildman–Crippen MR) is 265 cm³/mol. The molecule has 0 aliphatic carbocycles. The summed E-state index contributed by atoms with van der Waals surface area (Å²) in [6.07, 6.45) is 1.80. The molecule has 10 aromatic rings. The lowest BCUT2D eigenvalue weighted by molar-refractivity contribution is 0.616. The molecule has 10 rings (SSSR count). The minimum Gasteiger partial charge on any atom is -0.462 e. The van der Waals surface area contributed by atoms with Gasteiger partial charge < -0.3 is 24.0 Å². The van der Waals surface area contributed by atoms with Gasteiger partial charge in [-0.05, 0) is 115 Å². The fourth-order valence-electron chi connectivity index (χ4n) is 8.19. The smallest absolute Gasteiger partial charge is 0.136 e. The maximum atomic E-state index is 7.73. The van der Waals surface area contributed by atoms with Crippen LogP contribution in [0.3, 0.4) is 0 Å². The van der Waals surface area contributed by atoms with Gasteiger partial charge in [-0.2, -0.15) is 0 Å². The Morgan fingerprint density at radius 3 is 0.984 bits per heavy atom. The van der Waals surface area contributed by atoms with Gasteiger partial charge in [0.25, 0.3) is 0 Å². The van der Waals surface area contributed by atoms with E-state index in [-0.39, 0.29) is 0 Å². The first-order chi connectivity index (χ1) is 31.1. The van der Waals surface area contributed by atoms with E-state index < -0.39 is 0 Å². The molecule has 1 aromatic heterocycles. The molecular formula is C56H40Cl2N4O. The van der Waals surface area contributed by atoms with Crippen molar-refractivity contribution in [1.82, 2.24) is 0 Å². The maximum absolute atomic E-state index is 7.73. The Bertz CT molecular complexity index is 3070. The summed E-state index contributed by atoms with van der Waals surface area (Å²) in [6.45, 7) is 0. The zero-order chi connectivity index (χ0) is 42.5. The lowest BCUT2D eigenvalue weighted by atomic mass is 10.1. The number of nitrogens with zero attached hydrogens (tertiary/aromatic N) is 4. The van der Waals surface area contributed by atoms with Crippen molar-refractivity contribution < 1.29 is 4.42 Å². The van der Waals surface area contributed by atoms with Gasteiger partial charge in [-0.25, -0.2) is 0 Å². The molecule has 7 heteroatoms. The van der Waals surface area contributed by atoms with Gasteiger partial charge >= 0.3 is 0 Å². The van der Waals surface area contributed by atoms with Gasteiger partial charge in [0.1, 0.15) is 11.8 Å². The van der Waals surface area contributed by atoms with Gasteiger partial charge in [0.2, 0.25) is 0 Å². The third kappa shape index (κ3) is 7.77. The predicted octanol–water partition coefficient (Wildman–Crippen LogP) is 17.6. The zero-order valence-electron chi connectivity index (χ0n) is 34.0. The first-order valence-corrected chi connectivity index (χ1v) is 21.5. The standard InChI is InChI=1S/C56H40Cl2N4O/c57-55-49(59(41-21-6-1-7-22-41)42-23-8-2-9-24-42)34-19-35-50(55)60(43-25-10-3-11-26-43)46-31-18-32-47(39-46)61(44-27-12-4-13-28-44)51-36-20-37-52(56(51)58)62(45-29-14-5-15-30-45)53-40-63-54-38-17-16-33-48(53)54/h1-40H. The normalized spacial score (nSPS) is 11.0. The third-order valence-corrected chi connectivity index (χ3v) is 11.8. The molecule has 0 atom stereocenters. The lowest BCUT2D eigenvalue weighted by Gasteiger charge is -2.32. The minimum atomic E-state index is 0.568. The topological polar surface area (TPSA) is 26.1 Å². The highest BCUT2D eigenvalue weighted by Crippen LogP contribution is 2.50. The third-order valence-electron chi connectivity index (χ3n) is 11.0. The second kappa shape index (κ2) is 17.7. The minimum absolute atomic E-state index is 0.568. The molecule has 0 unspecified atom stereocenters. The number of hydrogen-bond donors (Lipinski definition) is 0. The second-order valence-corrected chi connectivity index (χ2v) is 15.6. The van der Waals surface area contributed by atoms with E-state index in [4.69, 9.17) is 27.6 Å². The van der Waals surface area contributed by atoms with E-state index in [2.05, 4.69) is 147 Å². The second-order valence-electron chi connectivity index (χ2n) is 14.9. The summed E-state index contributed by atoms with van der Waals surface area (Å²) in [6, 6.07) is 80.5. The van der Waals surface area contributed by atoms with Crippen molar-refractivity contribution in [2.45, 2.75) is 0 Å². The summed E-state index contributed by atoms with van der Waals surface area (Å²) < 4.78 is 6.10. The number of furan rings is 1. The highest BCUT2D eigenvalue weighted by atomic mass is 35.5. The quantitative estimate of drug-likeness (QED) is 0.122. The van der Waals surface area contributed by atoms with Crippen molar-refractivity contribution >= 4 is 102 Å². The van der Waals surface area contributed by atoms with Crippen LogP contribution in [0.15, 0.2) is 247 Å². The van der Waals surface area contributed by atoms with Crippen LogP contribution < -0.4 is 19.6 Å². The summed E-state index contributed by atoms with van der Waals surface area (Å²) in [4.78, 5) is 8.78. The Hall–Kier alpha value is -7.70. The molecule has 0 spiro atoms. The maximum Gasteiger partial charge on any atom is 0.136 e. The average molecular weight is 856 g/mol. The van der Waals surface area contributed by atoms with Crippen molar-refractivity contribution in [3.8, 4) is 0 Å². The molecule has 0 saturated heterocycles. The molecule has 0 amide bonds. The summed E-state index contributed by atoms with van der Waals surface area (Å²) in [7, 11) is 0. The van der Waals surface area contributed by atoms with Gasteiger partial charge in [0, 0.05) is 45.2 Å². The molecule has 304 valence electrons. The molecular weight excluding hydrogens is 816 g/mol. The van der Waals surface area contributed by atoms with E-state index >= 15 is 0 Å². The number of halogens is 2. The first-order valence-electron chi connectivity index (χ1n) is 20.7. The number of benzene rings is 9. The first kappa shape index (κ1) is 39.4. The molecule has 9 aromatic carbocycles. The highest BCUT2D eigenvalue weighted by Gasteiger charge is 2.26. The van der Waals surface area contributed by atoms with Crippen molar-refractivity contribution in [3.63, 3.8) is 0 Å². The summed E-state index contributed by atoms with van der Waals surface area (Å²) in [5, 5.41) is 2.15. The van der Waals surface area contributed by atoms with Crippen LogP contribution in [0, 0.1) is 0 Å². The van der Waals surface area contributed by atoms with Crippen LogP contribution in [0.4, 0.5) is 68.2 Å². The molecule has 63 heavy (non-hydrogen) atoms. The van der Waals surface area contributed by atoms with E-state index in [9.17, 15) is 0 Å². The van der Waals surface area contributed by atoms with Crippen molar-refractivity contribution in [2.75, 3.05) is 19.6 Å². The summed E-state index contributed by atoms with van der Waals surface area (Å²) >= 11 is 15.4. The number of rotatable bonds is 12. The largest absolute Gasteiger partial charge is 0.462 e. The molecule has 1 heterocycles. The monoisotopic (exact) mass is 854 g/mol. The van der Waals surface area contributed by atoms with E-state index in [1.807, 2.05) is 109 Å². The fraction of sp³-hybridized carbons (Fsp3) is 0. The van der Waals surface area contributed by atoms with Crippen LogP contribution in [-0.2, 0) is 0 Å². The number of anilines is 12. The van der Waals surface area contributed by atoms with E-state index in [0.29, 0.717) is 10.0 Å².